The first-order valence-electron chi connectivity index (χ1n) is 8.77. The van der Waals surface area contributed by atoms with Crippen molar-refractivity contribution >= 4 is 22.8 Å². The number of benzene rings is 1. The number of aromatic nitrogens is 3. The molecule has 0 bridgehead atoms. The fraction of sp³-hybridized carbons (Fsp3) is 0.500. The van der Waals surface area contributed by atoms with Gasteiger partial charge in [0.25, 0.3) is 5.56 Å². The maximum atomic E-state index is 13.1. The SMILES string of the molecule is CC(C)CC(C(=O)N1CCCC1C(=O)O)n1nnc2ccccc2c1=O. The molecule has 138 valence electrons. The number of fused-ring (bicyclic) bond motifs is 1. The van der Waals surface area contributed by atoms with Crippen LogP contribution in [0.15, 0.2) is 29.1 Å². The summed E-state index contributed by atoms with van der Waals surface area (Å²) in [5.74, 6) is -1.28. The van der Waals surface area contributed by atoms with Gasteiger partial charge in [0.2, 0.25) is 5.91 Å². The average molecular weight is 358 g/mol. The van der Waals surface area contributed by atoms with Crippen molar-refractivity contribution in [3.05, 3.63) is 34.6 Å². The molecule has 1 fully saturated rings. The highest BCUT2D eigenvalue weighted by atomic mass is 16.4. The third-order valence-electron chi connectivity index (χ3n) is 4.69. The molecule has 1 aromatic carbocycles. The summed E-state index contributed by atoms with van der Waals surface area (Å²) >= 11 is 0. The van der Waals surface area contributed by atoms with Crippen LogP contribution in [0, 0.1) is 5.92 Å². The maximum absolute atomic E-state index is 13.1. The van der Waals surface area contributed by atoms with Gasteiger partial charge in [-0.3, -0.25) is 9.59 Å². The normalized spacial score (nSPS) is 18.4. The van der Waals surface area contributed by atoms with Crippen LogP contribution in [-0.2, 0) is 9.59 Å². The molecule has 0 aliphatic carbocycles. The summed E-state index contributed by atoms with van der Waals surface area (Å²) in [5.41, 5.74) is 0.0785. The molecule has 3 rings (SSSR count). The number of aliphatic carboxylic acids is 1. The quantitative estimate of drug-likeness (QED) is 0.867. The van der Waals surface area contributed by atoms with Crippen LogP contribution in [0.25, 0.3) is 10.9 Å². The molecule has 2 heterocycles. The highest BCUT2D eigenvalue weighted by molar-refractivity contribution is 5.87. The van der Waals surface area contributed by atoms with E-state index >= 15 is 0 Å². The number of carboxylic acid groups (broad SMARTS) is 1. The Bertz CT molecular complexity index is 892. The van der Waals surface area contributed by atoms with E-state index in [9.17, 15) is 19.5 Å². The van der Waals surface area contributed by atoms with Gasteiger partial charge in [-0.25, -0.2) is 4.79 Å². The Hall–Kier alpha value is -2.77. The number of carbonyl (C=O) groups is 2. The molecule has 26 heavy (non-hydrogen) atoms. The summed E-state index contributed by atoms with van der Waals surface area (Å²) in [4.78, 5) is 38.8. The summed E-state index contributed by atoms with van der Waals surface area (Å²) in [6, 6.07) is 5.12. The van der Waals surface area contributed by atoms with E-state index < -0.39 is 18.1 Å². The summed E-state index contributed by atoms with van der Waals surface area (Å²) in [5, 5.41) is 17.8. The predicted octanol–water partition coefficient (Wildman–Crippen LogP) is 1.45. The Labute approximate surface area is 150 Å². The van der Waals surface area contributed by atoms with Crippen LogP contribution >= 0.6 is 0 Å². The molecule has 0 spiro atoms. The number of nitrogens with zero attached hydrogens (tertiary/aromatic N) is 4. The number of likely N-dealkylation sites (tertiary alicyclic amines) is 1. The van der Waals surface area contributed by atoms with Crippen LogP contribution in [0.3, 0.4) is 0 Å². The van der Waals surface area contributed by atoms with Gasteiger partial charge < -0.3 is 10.0 Å². The number of rotatable bonds is 5. The van der Waals surface area contributed by atoms with Gasteiger partial charge in [0.1, 0.15) is 17.6 Å². The lowest BCUT2D eigenvalue weighted by molar-refractivity contribution is -0.150. The Morgan fingerprint density at radius 2 is 2.04 bits per heavy atom. The van der Waals surface area contributed by atoms with Crippen molar-refractivity contribution < 1.29 is 14.7 Å². The molecule has 1 aliphatic heterocycles. The van der Waals surface area contributed by atoms with Crippen molar-refractivity contribution in [1.82, 2.24) is 19.9 Å². The van der Waals surface area contributed by atoms with E-state index in [-0.39, 0.29) is 17.4 Å². The molecular formula is C18H22N4O4. The Morgan fingerprint density at radius 1 is 1.31 bits per heavy atom. The van der Waals surface area contributed by atoms with Gasteiger partial charge >= 0.3 is 5.97 Å². The molecule has 1 saturated heterocycles. The maximum Gasteiger partial charge on any atom is 0.326 e. The highest BCUT2D eigenvalue weighted by Crippen LogP contribution is 2.25. The average Bonchev–Trinajstić information content (AvgIpc) is 3.10. The van der Waals surface area contributed by atoms with Crippen molar-refractivity contribution in [2.75, 3.05) is 6.54 Å². The van der Waals surface area contributed by atoms with Gasteiger partial charge in [0.15, 0.2) is 0 Å². The van der Waals surface area contributed by atoms with Crippen LogP contribution in [0.4, 0.5) is 0 Å². The van der Waals surface area contributed by atoms with Crippen molar-refractivity contribution in [3.63, 3.8) is 0 Å². The molecule has 0 radical (unpaired) electrons. The standard InChI is InChI=1S/C18H22N4O4/c1-11(2)10-15(17(24)21-9-5-8-14(21)18(25)26)22-16(23)12-6-3-4-7-13(12)19-20-22/h3-4,6-7,11,14-15H,5,8-10H2,1-2H3,(H,25,26). The minimum Gasteiger partial charge on any atom is -0.480 e. The van der Waals surface area contributed by atoms with Crippen LogP contribution in [0.2, 0.25) is 0 Å². The first kappa shape index (κ1) is 18.0. The zero-order valence-electron chi connectivity index (χ0n) is 14.8. The first-order chi connectivity index (χ1) is 12.4. The lowest BCUT2D eigenvalue weighted by Gasteiger charge is -2.27. The van der Waals surface area contributed by atoms with E-state index in [2.05, 4.69) is 10.3 Å². The number of carbonyl (C=O) groups excluding carboxylic acids is 1. The van der Waals surface area contributed by atoms with Crippen molar-refractivity contribution in [2.24, 2.45) is 5.92 Å². The van der Waals surface area contributed by atoms with Gasteiger partial charge in [-0.15, -0.1) is 5.10 Å². The Balaban J connectivity index is 2.04. The first-order valence-corrected chi connectivity index (χ1v) is 8.77. The second-order valence-electron chi connectivity index (χ2n) is 7.03. The summed E-state index contributed by atoms with van der Waals surface area (Å²) < 4.78 is 1.11. The molecular weight excluding hydrogens is 336 g/mol. The number of carboxylic acids is 1. The highest BCUT2D eigenvalue weighted by Gasteiger charge is 2.38. The molecule has 1 N–H and O–H groups in total. The van der Waals surface area contributed by atoms with E-state index in [0.29, 0.717) is 36.7 Å². The zero-order valence-corrected chi connectivity index (χ0v) is 14.8. The summed E-state index contributed by atoms with van der Waals surface area (Å²) in [6.07, 6.45) is 1.44. The molecule has 2 aromatic rings. The molecule has 1 amide bonds. The van der Waals surface area contributed by atoms with Crippen molar-refractivity contribution in [1.29, 1.82) is 0 Å². The third-order valence-corrected chi connectivity index (χ3v) is 4.69. The van der Waals surface area contributed by atoms with Crippen LogP contribution in [0.1, 0.15) is 39.2 Å². The van der Waals surface area contributed by atoms with Gasteiger partial charge in [0, 0.05) is 6.54 Å². The molecule has 2 unspecified atom stereocenters. The second-order valence-corrected chi connectivity index (χ2v) is 7.03. The van der Waals surface area contributed by atoms with Crippen molar-refractivity contribution in [3.8, 4) is 0 Å². The van der Waals surface area contributed by atoms with Crippen LogP contribution in [-0.4, -0.2) is 49.5 Å². The number of amides is 1. The van der Waals surface area contributed by atoms with Gasteiger partial charge in [-0.1, -0.05) is 31.2 Å². The van der Waals surface area contributed by atoms with Crippen LogP contribution < -0.4 is 5.56 Å². The zero-order chi connectivity index (χ0) is 18.8. The predicted molar refractivity (Wildman–Crippen MR) is 94.7 cm³/mol. The molecule has 1 aliphatic rings. The van der Waals surface area contributed by atoms with E-state index in [1.807, 2.05) is 13.8 Å². The molecule has 2 atom stereocenters. The van der Waals surface area contributed by atoms with E-state index in [1.165, 1.54) is 4.90 Å². The molecule has 8 heteroatoms. The fourth-order valence-electron chi connectivity index (χ4n) is 3.44. The largest absolute Gasteiger partial charge is 0.480 e. The topological polar surface area (TPSA) is 105 Å². The minimum atomic E-state index is -1.02. The Morgan fingerprint density at radius 3 is 2.73 bits per heavy atom. The second kappa shape index (κ2) is 7.23. The molecule has 8 nitrogen and oxygen atoms in total. The van der Waals surface area contributed by atoms with Gasteiger partial charge in [0.05, 0.1) is 5.39 Å². The number of hydrogen-bond acceptors (Lipinski definition) is 5. The van der Waals surface area contributed by atoms with E-state index in [1.54, 1.807) is 24.3 Å². The van der Waals surface area contributed by atoms with E-state index in [0.717, 1.165) is 4.68 Å². The summed E-state index contributed by atoms with van der Waals surface area (Å²) in [6.45, 7) is 4.26. The lowest BCUT2D eigenvalue weighted by Crippen LogP contribution is -2.46. The van der Waals surface area contributed by atoms with Gasteiger partial charge in [-0.2, -0.15) is 4.68 Å². The third kappa shape index (κ3) is 3.31. The van der Waals surface area contributed by atoms with Crippen molar-refractivity contribution in [2.45, 2.75) is 45.2 Å². The Kier molecular flexibility index (Phi) is 5.01. The lowest BCUT2D eigenvalue weighted by atomic mass is 10.0. The van der Waals surface area contributed by atoms with Crippen LogP contribution in [0.5, 0.6) is 0 Å². The molecule has 0 saturated carbocycles. The monoisotopic (exact) mass is 358 g/mol. The minimum absolute atomic E-state index is 0.120. The van der Waals surface area contributed by atoms with E-state index in [4.69, 9.17) is 0 Å². The van der Waals surface area contributed by atoms with Gasteiger partial charge in [-0.05, 0) is 37.3 Å². The smallest absolute Gasteiger partial charge is 0.326 e. The molecule has 1 aromatic heterocycles. The fourth-order valence-corrected chi connectivity index (χ4v) is 3.44. The number of hydrogen-bond donors (Lipinski definition) is 1. The summed E-state index contributed by atoms with van der Waals surface area (Å²) in [7, 11) is 0.